The van der Waals surface area contributed by atoms with Crippen molar-refractivity contribution in [2.45, 2.75) is 32.3 Å². The molecule has 0 saturated carbocycles. The Balaban J connectivity index is 2.63. The summed E-state index contributed by atoms with van der Waals surface area (Å²) in [5.74, 6) is 0.644. The fraction of sp³-hybridized carbons (Fsp3) is 0.538. The zero-order chi connectivity index (χ0) is 12.9. The van der Waals surface area contributed by atoms with E-state index in [9.17, 15) is 5.11 Å². The van der Waals surface area contributed by atoms with Crippen molar-refractivity contribution in [1.82, 2.24) is 0 Å². The highest BCUT2D eigenvalue weighted by atomic mass is 16.5. The molecule has 4 heteroatoms. The lowest BCUT2D eigenvalue weighted by molar-refractivity contribution is 0.0637. The number of ether oxygens (including phenoxy) is 1. The molecule has 1 aromatic rings. The van der Waals surface area contributed by atoms with E-state index in [0.717, 1.165) is 18.5 Å². The quantitative estimate of drug-likeness (QED) is 0.665. The summed E-state index contributed by atoms with van der Waals surface area (Å²) >= 11 is 0. The Morgan fingerprint density at radius 2 is 2.18 bits per heavy atom. The second kappa shape index (κ2) is 5.77. The molecule has 4 nitrogen and oxygen atoms in total. The Bertz CT molecular complexity index is 364. The summed E-state index contributed by atoms with van der Waals surface area (Å²) < 4.78 is 5.14. The molecule has 0 spiro atoms. The van der Waals surface area contributed by atoms with Gasteiger partial charge in [0.25, 0.3) is 0 Å². The van der Waals surface area contributed by atoms with Gasteiger partial charge in [-0.25, -0.2) is 0 Å². The topological polar surface area (TPSA) is 67.5 Å². The van der Waals surface area contributed by atoms with Crippen LogP contribution < -0.4 is 15.8 Å². The zero-order valence-corrected chi connectivity index (χ0v) is 10.8. The third kappa shape index (κ3) is 4.15. The highest BCUT2D eigenvalue weighted by molar-refractivity contribution is 5.61. The first-order chi connectivity index (χ1) is 7.98. The van der Waals surface area contributed by atoms with Crippen molar-refractivity contribution in [1.29, 1.82) is 0 Å². The van der Waals surface area contributed by atoms with E-state index in [4.69, 9.17) is 10.5 Å². The average Bonchev–Trinajstić information content (AvgIpc) is 2.28. The van der Waals surface area contributed by atoms with E-state index in [-0.39, 0.29) is 0 Å². The number of hydrogen-bond donors (Lipinski definition) is 3. The number of nitrogen functional groups attached to an aromatic ring is 1. The zero-order valence-electron chi connectivity index (χ0n) is 10.8. The van der Waals surface area contributed by atoms with Crippen LogP contribution in [0.15, 0.2) is 18.2 Å². The van der Waals surface area contributed by atoms with Gasteiger partial charge in [0.15, 0.2) is 0 Å². The van der Waals surface area contributed by atoms with Crippen molar-refractivity contribution >= 4 is 11.4 Å². The van der Waals surface area contributed by atoms with Gasteiger partial charge in [-0.05, 0) is 25.5 Å². The third-order valence-corrected chi connectivity index (χ3v) is 2.70. The molecule has 0 amide bonds. The van der Waals surface area contributed by atoms with Crippen molar-refractivity contribution in [2.24, 2.45) is 0 Å². The van der Waals surface area contributed by atoms with Crippen LogP contribution in [0.25, 0.3) is 0 Å². The first-order valence-corrected chi connectivity index (χ1v) is 5.88. The molecular weight excluding hydrogens is 216 g/mol. The Kier molecular flexibility index (Phi) is 4.63. The molecule has 0 fully saturated rings. The Labute approximate surface area is 103 Å². The van der Waals surface area contributed by atoms with Crippen molar-refractivity contribution in [3.63, 3.8) is 0 Å². The maximum absolute atomic E-state index is 10.0. The maximum atomic E-state index is 10.0. The van der Waals surface area contributed by atoms with Gasteiger partial charge in [0, 0.05) is 18.3 Å². The minimum absolute atomic E-state index is 0.508. The van der Waals surface area contributed by atoms with Crippen LogP contribution in [-0.2, 0) is 0 Å². The lowest BCUT2D eigenvalue weighted by atomic mass is 10.0. The molecule has 0 aliphatic carbocycles. The van der Waals surface area contributed by atoms with E-state index < -0.39 is 5.60 Å². The van der Waals surface area contributed by atoms with Crippen LogP contribution >= 0.6 is 0 Å². The van der Waals surface area contributed by atoms with E-state index in [2.05, 4.69) is 12.2 Å². The maximum Gasteiger partial charge on any atom is 0.143 e. The normalized spacial score (nSPS) is 14.1. The second-order valence-corrected chi connectivity index (χ2v) is 4.56. The van der Waals surface area contributed by atoms with Crippen LogP contribution in [0.4, 0.5) is 11.4 Å². The molecular formula is C13H22N2O2. The van der Waals surface area contributed by atoms with E-state index in [1.165, 1.54) is 0 Å². The summed E-state index contributed by atoms with van der Waals surface area (Å²) in [5, 5.41) is 13.2. The van der Waals surface area contributed by atoms with Crippen LogP contribution in [0, 0.1) is 0 Å². The average molecular weight is 238 g/mol. The standard InChI is InChI=1S/C13H22N2O2/c1-4-7-13(2,16)9-15-10-5-6-11(14)12(8-10)17-3/h5-6,8,15-16H,4,7,9,14H2,1-3H3. The van der Waals surface area contributed by atoms with Crippen molar-refractivity contribution in [3.8, 4) is 5.75 Å². The molecule has 4 N–H and O–H groups in total. The van der Waals surface area contributed by atoms with E-state index in [0.29, 0.717) is 18.0 Å². The van der Waals surface area contributed by atoms with Crippen LogP contribution in [0.5, 0.6) is 5.75 Å². The van der Waals surface area contributed by atoms with Gasteiger partial charge >= 0.3 is 0 Å². The van der Waals surface area contributed by atoms with E-state index in [1.54, 1.807) is 13.2 Å². The summed E-state index contributed by atoms with van der Waals surface area (Å²) in [6, 6.07) is 5.49. The molecule has 0 bridgehead atoms. The van der Waals surface area contributed by atoms with Gasteiger partial charge in [-0.15, -0.1) is 0 Å². The smallest absolute Gasteiger partial charge is 0.143 e. The summed E-state index contributed by atoms with van der Waals surface area (Å²) in [4.78, 5) is 0. The molecule has 1 rings (SSSR count). The summed E-state index contributed by atoms with van der Waals surface area (Å²) in [6.45, 7) is 4.40. The Hall–Kier alpha value is -1.42. The fourth-order valence-corrected chi connectivity index (χ4v) is 1.74. The predicted octanol–water partition coefficient (Wildman–Crippen LogP) is 2.24. The minimum atomic E-state index is -0.691. The van der Waals surface area contributed by atoms with Crippen LogP contribution in [-0.4, -0.2) is 24.4 Å². The molecule has 1 unspecified atom stereocenters. The molecule has 17 heavy (non-hydrogen) atoms. The number of anilines is 2. The summed E-state index contributed by atoms with van der Waals surface area (Å²) in [6.07, 6.45) is 1.73. The Morgan fingerprint density at radius 3 is 2.76 bits per heavy atom. The largest absolute Gasteiger partial charge is 0.495 e. The van der Waals surface area contributed by atoms with Gasteiger partial charge in [-0.3, -0.25) is 0 Å². The second-order valence-electron chi connectivity index (χ2n) is 4.56. The van der Waals surface area contributed by atoms with Gasteiger partial charge in [0.05, 0.1) is 18.4 Å². The highest BCUT2D eigenvalue weighted by Crippen LogP contribution is 2.25. The molecule has 0 heterocycles. The van der Waals surface area contributed by atoms with Crippen molar-refractivity contribution in [2.75, 3.05) is 24.7 Å². The van der Waals surface area contributed by atoms with E-state index in [1.807, 2.05) is 19.1 Å². The monoisotopic (exact) mass is 238 g/mol. The molecule has 0 saturated heterocycles. The van der Waals surface area contributed by atoms with Gasteiger partial charge in [-0.2, -0.15) is 0 Å². The number of hydrogen-bond acceptors (Lipinski definition) is 4. The molecule has 1 atom stereocenters. The lowest BCUT2D eigenvalue weighted by Gasteiger charge is -2.23. The Morgan fingerprint density at radius 1 is 1.47 bits per heavy atom. The predicted molar refractivity (Wildman–Crippen MR) is 71.4 cm³/mol. The van der Waals surface area contributed by atoms with Crippen molar-refractivity contribution in [3.05, 3.63) is 18.2 Å². The number of nitrogens with one attached hydrogen (secondary N) is 1. The summed E-state index contributed by atoms with van der Waals surface area (Å²) in [7, 11) is 1.59. The van der Waals surface area contributed by atoms with Crippen LogP contribution in [0.1, 0.15) is 26.7 Å². The molecule has 0 radical (unpaired) electrons. The SMILES string of the molecule is CCCC(C)(O)CNc1ccc(N)c(OC)c1. The first kappa shape index (κ1) is 13.6. The number of methoxy groups -OCH3 is 1. The van der Waals surface area contributed by atoms with Crippen molar-refractivity contribution < 1.29 is 9.84 Å². The number of rotatable bonds is 6. The first-order valence-electron chi connectivity index (χ1n) is 5.88. The lowest BCUT2D eigenvalue weighted by Crippen LogP contribution is -2.33. The summed E-state index contributed by atoms with van der Waals surface area (Å²) in [5.41, 5.74) is 6.54. The number of nitrogens with two attached hydrogens (primary N) is 1. The van der Waals surface area contributed by atoms with Gasteiger partial charge < -0.3 is 20.9 Å². The van der Waals surface area contributed by atoms with Gasteiger partial charge in [0.1, 0.15) is 5.75 Å². The van der Waals surface area contributed by atoms with Crippen LogP contribution in [0.2, 0.25) is 0 Å². The number of aliphatic hydroxyl groups is 1. The minimum Gasteiger partial charge on any atom is -0.495 e. The van der Waals surface area contributed by atoms with Gasteiger partial charge in [0.2, 0.25) is 0 Å². The highest BCUT2D eigenvalue weighted by Gasteiger charge is 2.18. The molecule has 1 aromatic carbocycles. The van der Waals surface area contributed by atoms with Crippen LogP contribution in [0.3, 0.4) is 0 Å². The third-order valence-electron chi connectivity index (χ3n) is 2.70. The number of benzene rings is 1. The fourth-order valence-electron chi connectivity index (χ4n) is 1.74. The molecule has 0 aromatic heterocycles. The molecule has 0 aliphatic rings. The molecule has 96 valence electrons. The molecule has 0 aliphatic heterocycles. The van der Waals surface area contributed by atoms with Gasteiger partial charge in [-0.1, -0.05) is 13.3 Å². The van der Waals surface area contributed by atoms with E-state index >= 15 is 0 Å².